The molecule has 0 radical (unpaired) electrons. The topological polar surface area (TPSA) is 82.8 Å². The molecule has 5 nitrogen and oxygen atoms in total. The number of hydrogen-bond acceptors (Lipinski definition) is 5. The van der Waals surface area contributed by atoms with E-state index in [1.807, 2.05) is 6.07 Å². The van der Waals surface area contributed by atoms with E-state index >= 15 is 0 Å². The van der Waals surface area contributed by atoms with E-state index in [1.165, 1.54) is 36.4 Å². The number of nitrogens with one attached hydrogen (secondary N) is 1. The molecule has 0 fully saturated rings. The first-order valence-electron chi connectivity index (χ1n) is 6.08. The third-order valence-electron chi connectivity index (χ3n) is 2.87. The number of rotatable bonds is 3. The maximum atomic E-state index is 13.2. The summed E-state index contributed by atoms with van der Waals surface area (Å²) in [7, 11) is -3.93. The van der Waals surface area contributed by atoms with Crippen molar-refractivity contribution in [2.45, 2.75) is 4.90 Å². The minimum Gasteiger partial charge on any atom is -0.255 e. The lowest BCUT2D eigenvalue weighted by atomic mass is 10.2. The van der Waals surface area contributed by atoms with Gasteiger partial charge in [-0.1, -0.05) is 23.5 Å². The zero-order valence-corrected chi connectivity index (χ0v) is 12.6. The second kappa shape index (κ2) is 5.36. The van der Waals surface area contributed by atoms with Crippen LogP contribution in [0.5, 0.6) is 0 Å². The molecule has 8 heteroatoms. The van der Waals surface area contributed by atoms with Gasteiger partial charge >= 0.3 is 0 Å². The number of fused-ring (bicyclic) bond motifs is 1. The molecule has 0 saturated heterocycles. The second-order valence-corrected chi connectivity index (χ2v) is 7.03. The number of nitriles is 1. The molecule has 0 amide bonds. The van der Waals surface area contributed by atoms with Crippen molar-refractivity contribution in [3.63, 3.8) is 0 Å². The van der Waals surface area contributed by atoms with Crippen molar-refractivity contribution >= 4 is 36.7 Å². The molecule has 3 rings (SSSR count). The highest BCUT2D eigenvalue weighted by Crippen LogP contribution is 2.28. The summed E-state index contributed by atoms with van der Waals surface area (Å²) in [6.07, 6.45) is 0. The van der Waals surface area contributed by atoms with Crippen molar-refractivity contribution in [1.29, 1.82) is 5.26 Å². The lowest BCUT2D eigenvalue weighted by Crippen LogP contribution is -2.14. The van der Waals surface area contributed by atoms with Gasteiger partial charge < -0.3 is 0 Å². The number of anilines is 1. The van der Waals surface area contributed by atoms with Crippen molar-refractivity contribution in [2.24, 2.45) is 0 Å². The molecule has 1 aromatic heterocycles. The van der Waals surface area contributed by atoms with E-state index in [0.29, 0.717) is 10.2 Å². The Labute approximate surface area is 129 Å². The molecule has 0 aliphatic rings. The van der Waals surface area contributed by atoms with Gasteiger partial charge in [-0.15, -0.1) is 0 Å². The zero-order valence-electron chi connectivity index (χ0n) is 10.9. The highest BCUT2D eigenvalue weighted by Gasteiger charge is 2.20. The lowest BCUT2D eigenvalue weighted by molar-refractivity contribution is 0.601. The molecule has 0 saturated carbocycles. The van der Waals surface area contributed by atoms with Crippen molar-refractivity contribution in [1.82, 2.24) is 4.98 Å². The monoisotopic (exact) mass is 333 g/mol. The summed E-state index contributed by atoms with van der Waals surface area (Å²) in [6, 6.07) is 11.7. The van der Waals surface area contributed by atoms with Crippen LogP contribution in [0.25, 0.3) is 10.2 Å². The minimum atomic E-state index is -3.93. The highest BCUT2D eigenvalue weighted by atomic mass is 32.2. The molecule has 110 valence electrons. The standard InChI is InChI=1S/C14H8FN3O2S2/c15-10-5-6-11-12(7-10)21-14(17-11)18-22(19,20)13-4-2-1-3-9(13)8-16/h1-7H,(H,17,18). The van der Waals surface area contributed by atoms with E-state index < -0.39 is 15.8 Å². The van der Waals surface area contributed by atoms with Crippen LogP contribution in [0.1, 0.15) is 5.56 Å². The van der Waals surface area contributed by atoms with Gasteiger partial charge in [0.05, 0.1) is 15.8 Å². The van der Waals surface area contributed by atoms with Crippen molar-refractivity contribution in [3.8, 4) is 6.07 Å². The fourth-order valence-electron chi connectivity index (χ4n) is 1.91. The van der Waals surface area contributed by atoms with Gasteiger partial charge in [-0.2, -0.15) is 5.26 Å². The minimum absolute atomic E-state index is 0.0437. The first-order valence-corrected chi connectivity index (χ1v) is 8.37. The molecule has 0 aliphatic carbocycles. The summed E-state index contributed by atoms with van der Waals surface area (Å²) in [5.41, 5.74) is 0.542. The maximum Gasteiger partial charge on any atom is 0.264 e. The average Bonchev–Trinajstić information content (AvgIpc) is 2.87. The first kappa shape index (κ1) is 14.4. The number of halogens is 1. The number of sulfonamides is 1. The maximum absolute atomic E-state index is 13.2. The summed E-state index contributed by atoms with van der Waals surface area (Å²) < 4.78 is 40.7. The fraction of sp³-hybridized carbons (Fsp3) is 0. The molecule has 1 heterocycles. The third-order valence-corrected chi connectivity index (χ3v) is 5.33. The van der Waals surface area contributed by atoms with E-state index in [1.54, 1.807) is 6.07 Å². The molecule has 0 aliphatic heterocycles. The predicted octanol–water partition coefficient (Wildman–Crippen LogP) is 3.11. The molecule has 1 N–H and O–H groups in total. The number of thiazole rings is 1. The van der Waals surface area contributed by atoms with Gasteiger partial charge in [0, 0.05) is 0 Å². The van der Waals surface area contributed by atoms with Crippen molar-refractivity contribution in [2.75, 3.05) is 4.72 Å². The van der Waals surface area contributed by atoms with Crippen LogP contribution in [0.15, 0.2) is 47.4 Å². The van der Waals surface area contributed by atoms with Gasteiger partial charge in [0.25, 0.3) is 10.0 Å². The molecule has 22 heavy (non-hydrogen) atoms. The van der Waals surface area contributed by atoms with Crippen molar-refractivity contribution in [3.05, 3.63) is 53.8 Å². The molecular formula is C14H8FN3O2S2. The third kappa shape index (κ3) is 2.64. The molecule has 0 unspecified atom stereocenters. The Bertz CT molecular complexity index is 1010. The Morgan fingerprint density at radius 3 is 2.77 bits per heavy atom. The van der Waals surface area contributed by atoms with E-state index in [4.69, 9.17) is 5.26 Å². The summed E-state index contributed by atoms with van der Waals surface area (Å²) in [5.74, 6) is -0.416. The van der Waals surface area contributed by atoms with Crippen LogP contribution in [0.4, 0.5) is 9.52 Å². The highest BCUT2D eigenvalue weighted by molar-refractivity contribution is 7.93. The molecule has 3 aromatic rings. The van der Waals surface area contributed by atoms with Crippen LogP contribution in [0.2, 0.25) is 0 Å². The van der Waals surface area contributed by atoms with Gasteiger partial charge in [0.1, 0.15) is 16.8 Å². The Morgan fingerprint density at radius 1 is 1.23 bits per heavy atom. The Kier molecular flexibility index (Phi) is 3.52. The van der Waals surface area contributed by atoms with Crippen LogP contribution in [-0.4, -0.2) is 13.4 Å². The van der Waals surface area contributed by atoms with Crippen LogP contribution < -0.4 is 4.72 Å². The van der Waals surface area contributed by atoms with Crippen LogP contribution >= 0.6 is 11.3 Å². The summed E-state index contributed by atoms with van der Waals surface area (Å²) in [4.78, 5) is 3.98. The SMILES string of the molecule is N#Cc1ccccc1S(=O)(=O)Nc1nc2ccc(F)cc2s1. The van der Waals surface area contributed by atoms with Crippen LogP contribution in [-0.2, 0) is 10.0 Å². The largest absolute Gasteiger partial charge is 0.264 e. The second-order valence-electron chi connectivity index (χ2n) is 4.34. The van der Waals surface area contributed by atoms with Crippen LogP contribution in [0, 0.1) is 17.1 Å². The summed E-state index contributed by atoms with van der Waals surface area (Å²) >= 11 is 1.02. The zero-order chi connectivity index (χ0) is 15.7. The van der Waals surface area contributed by atoms with Crippen molar-refractivity contribution < 1.29 is 12.8 Å². The quantitative estimate of drug-likeness (QED) is 0.798. The molecule has 0 bridgehead atoms. The molecule has 0 spiro atoms. The van der Waals surface area contributed by atoms with Gasteiger partial charge in [0.2, 0.25) is 0 Å². The molecule has 2 aromatic carbocycles. The average molecular weight is 333 g/mol. The molecule has 0 atom stereocenters. The molecular weight excluding hydrogens is 325 g/mol. The Hall–Kier alpha value is -2.50. The van der Waals surface area contributed by atoms with E-state index in [0.717, 1.165) is 11.3 Å². The van der Waals surface area contributed by atoms with Crippen LogP contribution in [0.3, 0.4) is 0 Å². The number of nitrogens with zero attached hydrogens (tertiary/aromatic N) is 2. The first-order chi connectivity index (χ1) is 10.5. The smallest absolute Gasteiger partial charge is 0.255 e. The summed E-state index contributed by atoms with van der Waals surface area (Å²) in [5, 5.41) is 9.11. The Morgan fingerprint density at radius 2 is 2.00 bits per heavy atom. The van der Waals surface area contributed by atoms with Gasteiger partial charge in [-0.05, 0) is 30.3 Å². The Balaban J connectivity index is 2.01. The number of hydrogen-bond donors (Lipinski definition) is 1. The number of aromatic nitrogens is 1. The van der Waals surface area contributed by atoms with E-state index in [2.05, 4.69) is 9.71 Å². The normalized spacial score (nSPS) is 11.3. The van der Waals surface area contributed by atoms with E-state index in [9.17, 15) is 12.8 Å². The van der Waals surface area contributed by atoms with Gasteiger partial charge in [-0.3, -0.25) is 4.72 Å². The fourth-order valence-corrected chi connectivity index (χ4v) is 4.19. The van der Waals surface area contributed by atoms with Gasteiger partial charge in [-0.25, -0.2) is 17.8 Å². The lowest BCUT2D eigenvalue weighted by Gasteiger charge is -2.06. The van der Waals surface area contributed by atoms with E-state index in [-0.39, 0.29) is 15.6 Å². The number of benzene rings is 2. The van der Waals surface area contributed by atoms with Gasteiger partial charge in [0.15, 0.2) is 5.13 Å². The summed E-state index contributed by atoms with van der Waals surface area (Å²) in [6.45, 7) is 0. The predicted molar refractivity (Wildman–Crippen MR) is 81.5 cm³/mol.